The number of aliphatic hydroxyl groups excluding tert-OH is 1. The Morgan fingerprint density at radius 1 is 1.44 bits per heavy atom. The number of aryl methyl sites for hydroxylation is 1. The number of hydrogen-bond acceptors (Lipinski definition) is 2. The molecule has 2 N–H and O–H groups in total. The second-order valence-electron chi connectivity index (χ2n) is 5.08. The van der Waals surface area contributed by atoms with Crippen molar-refractivity contribution in [1.29, 1.82) is 0 Å². The van der Waals surface area contributed by atoms with E-state index in [0.29, 0.717) is 10.6 Å². The minimum absolute atomic E-state index is 0.0117. The minimum atomic E-state index is -0.453. The number of benzene rings is 1. The fourth-order valence-corrected chi connectivity index (χ4v) is 2.81. The lowest BCUT2D eigenvalue weighted by Crippen LogP contribution is -2.49. The van der Waals surface area contributed by atoms with Gasteiger partial charge in [0.25, 0.3) is 5.91 Å². The van der Waals surface area contributed by atoms with Gasteiger partial charge in [0.05, 0.1) is 22.7 Å². The first-order chi connectivity index (χ1) is 8.56. The van der Waals surface area contributed by atoms with Gasteiger partial charge < -0.3 is 10.4 Å². The van der Waals surface area contributed by atoms with Crippen LogP contribution in [0.4, 0.5) is 0 Å². The maximum Gasteiger partial charge on any atom is 0.253 e. The van der Waals surface area contributed by atoms with Crippen molar-refractivity contribution in [2.24, 2.45) is 0 Å². The van der Waals surface area contributed by atoms with E-state index in [0.717, 1.165) is 31.2 Å². The molecule has 0 spiro atoms. The molecule has 1 aliphatic rings. The number of halogens is 1. The molecule has 0 bridgehead atoms. The molecule has 1 saturated carbocycles. The van der Waals surface area contributed by atoms with E-state index in [1.165, 1.54) is 0 Å². The molecule has 0 radical (unpaired) electrons. The van der Waals surface area contributed by atoms with Crippen LogP contribution in [0.25, 0.3) is 0 Å². The van der Waals surface area contributed by atoms with Crippen molar-refractivity contribution >= 4 is 17.5 Å². The summed E-state index contributed by atoms with van der Waals surface area (Å²) in [5.41, 5.74) is 1.04. The molecule has 0 aromatic heterocycles. The third-order valence-corrected chi connectivity index (χ3v) is 3.92. The van der Waals surface area contributed by atoms with E-state index in [4.69, 9.17) is 11.6 Å². The third kappa shape index (κ3) is 2.68. The highest BCUT2D eigenvalue weighted by molar-refractivity contribution is 6.33. The average molecular weight is 268 g/mol. The summed E-state index contributed by atoms with van der Waals surface area (Å²) in [5, 5.41) is 12.9. The quantitative estimate of drug-likeness (QED) is 0.885. The van der Waals surface area contributed by atoms with Gasteiger partial charge in [0, 0.05) is 0 Å². The SMILES string of the molecule is Cc1ccc(C(=O)NC2(CO)CCCC2)c(Cl)c1. The number of carbonyl (C=O) groups is 1. The highest BCUT2D eigenvalue weighted by Crippen LogP contribution is 2.30. The Morgan fingerprint density at radius 3 is 2.67 bits per heavy atom. The van der Waals surface area contributed by atoms with E-state index in [1.54, 1.807) is 12.1 Å². The Bertz CT molecular complexity index is 453. The van der Waals surface area contributed by atoms with Gasteiger partial charge in [0.15, 0.2) is 0 Å². The standard InChI is InChI=1S/C14H18ClNO2/c1-10-4-5-11(12(15)8-10)13(18)16-14(9-17)6-2-3-7-14/h4-5,8,17H,2-3,6-7,9H2,1H3,(H,16,18). The largest absolute Gasteiger partial charge is 0.394 e. The lowest BCUT2D eigenvalue weighted by molar-refractivity contribution is 0.0838. The van der Waals surface area contributed by atoms with Crippen LogP contribution in [0.2, 0.25) is 5.02 Å². The predicted molar refractivity (Wildman–Crippen MR) is 71.9 cm³/mol. The molecule has 98 valence electrons. The summed E-state index contributed by atoms with van der Waals surface area (Å²) in [5.74, 6) is -0.198. The molecule has 0 aliphatic heterocycles. The van der Waals surface area contributed by atoms with E-state index in [2.05, 4.69) is 5.32 Å². The molecule has 1 fully saturated rings. The Kier molecular flexibility index (Phi) is 3.93. The molecule has 3 nitrogen and oxygen atoms in total. The molecular formula is C14H18ClNO2. The maximum atomic E-state index is 12.2. The maximum absolute atomic E-state index is 12.2. The Balaban J connectivity index is 2.16. The summed E-state index contributed by atoms with van der Waals surface area (Å²) in [4.78, 5) is 12.2. The van der Waals surface area contributed by atoms with E-state index >= 15 is 0 Å². The number of nitrogens with one attached hydrogen (secondary N) is 1. The molecule has 1 aromatic rings. The number of rotatable bonds is 3. The first-order valence-corrected chi connectivity index (χ1v) is 6.64. The summed E-state index contributed by atoms with van der Waals surface area (Å²) in [6, 6.07) is 5.37. The van der Waals surface area contributed by atoms with Crippen LogP contribution in [0.1, 0.15) is 41.6 Å². The molecule has 0 atom stereocenters. The topological polar surface area (TPSA) is 49.3 Å². The minimum Gasteiger partial charge on any atom is -0.394 e. The van der Waals surface area contributed by atoms with Crippen LogP contribution in [0, 0.1) is 6.92 Å². The number of hydrogen-bond donors (Lipinski definition) is 2. The van der Waals surface area contributed by atoms with Gasteiger partial charge in [-0.15, -0.1) is 0 Å². The molecule has 0 unspecified atom stereocenters. The molecule has 1 amide bonds. The van der Waals surface area contributed by atoms with Crippen molar-refractivity contribution in [3.63, 3.8) is 0 Å². The summed E-state index contributed by atoms with van der Waals surface area (Å²) in [7, 11) is 0. The summed E-state index contributed by atoms with van der Waals surface area (Å²) >= 11 is 6.08. The van der Waals surface area contributed by atoms with Gasteiger partial charge in [-0.2, -0.15) is 0 Å². The summed E-state index contributed by atoms with van der Waals surface area (Å²) in [6.07, 6.45) is 3.75. The van der Waals surface area contributed by atoms with Crippen molar-refractivity contribution in [2.45, 2.75) is 38.1 Å². The molecule has 1 aromatic carbocycles. The lowest BCUT2D eigenvalue weighted by Gasteiger charge is -2.28. The number of amides is 1. The monoisotopic (exact) mass is 267 g/mol. The molecule has 0 heterocycles. The first kappa shape index (κ1) is 13.4. The van der Waals surface area contributed by atoms with E-state index in [-0.39, 0.29) is 12.5 Å². The van der Waals surface area contributed by atoms with Gasteiger partial charge in [-0.3, -0.25) is 4.79 Å². The van der Waals surface area contributed by atoms with Crippen LogP contribution in [0.5, 0.6) is 0 Å². The van der Waals surface area contributed by atoms with Gasteiger partial charge in [-0.25, -0.2) is 0 Å². The van der Waals surface area contributed by atoms with Crippen LogP contribution in [0.15, 0.2) is 18.2 Å². The lowest BCUT2D eigenvalue weighted by atomic mass is 9.98. The molecule has 18 heavy (non-hydrogen) atoms. The number of aliphatic hydroxyl groups is 1. The molecule has 4 heteroatoms. The first-order valence-electron chi connectivity index (χ1n) is 6.26. The van der Waals surface area contributed by atoms with Gasteiger partial charge >= 0.3 is 0 Å². The van der Waals surface area contributed by atoms with Crippen LogP contribution in [-0.4, -0.2) is 23.2 Å². The second-order valence-corrected chi connectivity index (χ2v) is 5.49. The van der Waals surface area contributed by atoms with Gasteiger partial charge in [0.1, 0.15) is 0 Å². The van der Waals surface area contributed by atoms with Crippen LogP contribution in [-0.2, 0) is 0 Å². The van der Waals surface area contributed by atoms with Crippen molar-refractivity contribution in [1.82, 2.24) is 5.32 Å². The van der Waals surface area contributed by atoms with Gasteiger partial charge in [0.2, 0.25) is 0 Å². The average Bonchev–Trinajstić information content (AvgIpc) is 2.78. The fourth-order valence-electron chi connectivity index (χ4n) is 2.49. The highest BCUT2D eigenvalue weighted by Gasteiger charge is 2.35. The number of carbonyl (C=O) groups excluding carboxylic acids is 1. The van der Waals surface area contributed by atoms with Crippen LogP contribution in [0.3, 0.4) is 0 Å². The van der Waals surface area contributed by atoms with Crippen molar-refractivity contribution in [3.05, 3.63) is 34.3 Å². The van der Waals surface area contributed by atoms with Gasteiger partial charge in [-0.1, -0.05) is 30.5 Å². The molecule has 2 rings (SSSR count). The van der Waals surface area contributed by atoms with Crippen LogP contribution < -0.4 is 5.32 Å². The predicted octanol–water partition coefficient (Wildman–Crippen LogP) is 2.68. The third-order valence-electron chi connectivity index (χ3n) is 3.61. The highest BCUT2D eigenvalue weighted by atomic mass is 35.5. The second kappa shape index (κ2) is 5.29. The van der Waals surface area contributed by atoms with E-state index < -0.39 is 5.54 Å². The zero-order valence-corrected chi connectivity index (χ0v) is 11.3. The van der Waals surface area contributed by atoms with Crippen LogP contribution >= 0.6 is 11.6 Å². The fraction of sp³-hybridized carbons (Fsp3) is 0.500. The van der Waals surface area contributed by atoms with Crippen molar-refractivity contribution < 1.29 is 9.90 Å². The molecule has 1 aliphatic carbocycles. The van der Waals surface area contributed by atoms with E-state index in [9.17, 15) is 9.90 Å². The summed E-state index contributed by atoms with van der Waals surface area (Å²) < 4.78 is 0. The van der Waals surface area contributed by atoms with E-state index in [1.807, 2.05) is 13.0 Å². The normalized spacial score (nSPS) is 17.7. The molecular weight excluding hydrogens is 250 g/mol. The molecule has 0 saturated heterocycles. The summed E-state index contributed by atoms with van der Waals surface area (Å²) in [6.45, 7) is 1.92. The Hall–Kier alpha value is -1.06. The Labute approximate surface area is 112 Å². The zero-order valence-electron chi connectivity index (χ0n) is 10.5. The smallest absolute Gasteiger partial charge is 0.253 e. The Morgan fingerprint density at radius 2 is 2.11 bits per heavy atom. The van der Waals surface area contributed by atoms with Crippen molar-refractivity contribution in [3.8, 4) is 0 Å². The zero-order chi connectivity index (χ0) is 13.2. The van der Waals surface area contributed by atoms with Crippen molar-refractivity contribution in [2.75, 3.05) is 6.61 Å². The van der Waals surface area contributed by atoms with Gasteiger partial charge in [-0.05, 0) is 37.5 Å².